The normalized spacial score (nSPS) is 10.4. The van der Waals surface area contributed by atoms with E-state index < -0.39 is 23.2 Å². The maximum absolute atomic E-state index is 13.7. The maximum atomic E-state index is 13.7. The molecule has 0 fully saturated rings. The second kappa shape index (κ2) is 5.16. The molecule has 0 saturated carbocycles. The van der Waals surface area contributed by atoms with E-state index in [1.165, 1.54) is 24.3 Å². The standard InChI is InChI=1S/C12H8BrF2NOS/c1-6-2-3-7(14)11(10(6)15)16-12(17)8-4-5-9(13)18-8/h2-5H,1H3,(H,16,17). The van der Waals surface area contributed by atoms with Crippen LogP contribution in [-0.2, 0) is 0 Å². The molecule has 0 bridgehead atoms. The molecule has 0 saturated heterocycles. The number of anilines is 1. The van der Waals surface area contributed by atoms with Crippen molar-refractivity contribution < 1.29 is 13.6 Å². The quantitative estimate of drug-likeness (QED) is 0.870. The summed E-state index contributed by atoms with van der Waals surface area (Å²) in [6.45, 7) is 1.51. The molecule has 0 spiro atoms. The van der Waals surface area contributed by atoms with E-state index in [0.29, 0.717) is 4.88 Å². The molecular weight excluding hydrogens is 324 g/mol. The van der Waals surface area contributed by atoms with Gasteiger partial charge in [0.1, 0.15) is 11.5 Å². The molecule has 0 radical (unpaired) electrons. The van der Waals surface area contributed by atoms with E-state index in [9.17, 15) is 13.6 Å². The molecular formula is C12H8BrF2NOS. The van der Waals surface area contributed by atoms with Crippen molar-refractivity contribution in [2.75, 3.05) is 5.32 Å². The number of nitrogens with one attached hydrogen (secondary N) is 1. The Morgan fingerprint density at radius 1 is 1.28 bits per heavy atom. The lowest BCUT2D eigenvalue weighted by Crippen LogP contribution is -2.13. The van der Waals surface area contributed by atoms with Crippen LogP contribution in [0, 0.1) is 18.6 Å². The van der Waals surface area contributed by atoms with Gasteiger partial charge in [0.25, 0.3) is 5.91 Å². The van der Waals surface area contributed by atoms with Crippen molar-refractivity contribution in [3.63, 3.8) is 0 Å². The zero-order chi connectivity index (χ0) is 13.3. The Labute approximate surface area is 115 Å². The predicted molar refractivity (Wildman–Crippen MR) is 71.1 cm³/mol. The lowest BCUT2D eigenvalue weighted by molar-refractivity contribution is 0.102. The highest BCUT2D eigenvalue weighted by Gasteiger charge is 2.16. The lowest BCUT2D eigenvalue weighted by atomic mass is 10.2. The molecule has 0 unspecified atom stereocenters. The molecule has 0 aliphatic heterocycles. The molecule has 2 nitrogen and oxygen atoms in total. The van der Waals surface area contributed by atoms with Crippen LogP contribution in [0.3, 0.4) is 0 Å². The average molecular weight is 332 g/mol. The summed E-state index contributed by atoms with van der Waals surface area (Å²) in [7, 11) is 0. The van der Waals surface area contributed by atoms with Crippen molar-refractivity contribution in [1.29, 1.82) is 0 Å². The number of thiophene rings is 1. The number of hydrogen-bond acceptors (Lipinski definition) is 2. The molecule has 0 atom stereocenters. The first-order valence-electron chi connectivity index (χ1n) is 5.00. The van der Waals surface area contributed by atoms with Crippen molar-refractivity contribution in [2.24, 2.45) is 0 Å². The maximum Gasteiger partial charge on any atom is 0.265 e. The molecule has 18 heavy (non-hydrogen) atoms. The van der Waals surface area contributed by atoms with Gasteiger partial charge in [-0.25, -0.2) is 8.78 Å². The minimum atomic E-state index is -0.790. The molecule has 0 aliphatic rings. The highest BCUT2D eigenvalue weighted by Crippen LogP contribution is 2.25. The van der Waals surface area contributed by atoms with Crippen molar-refractivity contribution in [3.8, 4) is 0 Å². The van der Waals surface area contributed by atoms with E-state index in [0.717, 1.165) is 9.85 Å². The number of halogens is 3. The summed E-state index contributed by atoms with van der Waals surface area (Å²) >= 11 is 4.41. The number of rotatable bonds is 2. The Hall–Kier alpha value is -1.27. The first-order chi connectivity index (χ1) is 8.49. The van der Waals surface area contributed by atoms with Crippen LogP contribution in [0.15, 0.2) is 28.1 Å². The van der Waals surface area contributed by atoms with E-state index in [-0.39, 0.29) is 5.56 Å². The molecule has 94 valence electrons. The van der Waals surface area contributed by atoms with Gasteiger partial charge in [0.15, 0.2) is 5.82 Å². The second-order valence-corrected chi connectivity index (χ2v) is 6.07. The zero-order valence-electron chi connectivity index (χ0n) is 9.26. The van der Waals surface area contributed by atoms with Crippen molar-refractivity contribution in [1.82, 2.24) is 0 Å². The highest BCUT2D eigenvalue weighted by atomic mass is 79.9. The van der Waals surface area contributed by atoms with Crippen LogP contribution in [0.1, 0.15) is 15.2 Å². The summed E-state index contributed by atoms with van der Waals surface area (Å²) in [5.41, 5.74) is -0.136. The fourth-order valence-electron chi connectivity index (χ4n) is 1.38. The van der Waals surface area contributed by atoms with Gasteiger partial charge in [-0.15, -0.1) is 11.3 Å². The Balaban J connectivity index is 2.30. The molecule has 1 aromatic carbocycles. The summed E-state index contributed by atoms with van der Waals surface area (Å²) < 4.78 is 27.9. The molecule has 1 N–H and O–H groups in total. The first-order valence-corrected chi connectivity index (χ1v) is 6.61. The van der Waals surface area contributed by atoms with Crippen molar-refractivity contribution >= 4 is 38.9 Å². The zero-order valence-corrected chi connectivity index (χ0v) is 11.7. The van der Waals surface area contributed by atoms with Crippen LogP contribution >= 0.6 is 27.3 Å². The van der Waals surface area contributed by atoms with Gasteiger partial charge in [-0.05, 0) is 46.6 Å². The molecule has 0 aliphatic carbocycles. The van der Waals surface area contributed by atoms with E-state index in [1.54, 1.807) is 12.1 Å². The Morgan fingerprint density at radius 2 is 2.00 bits per heavy atom. The number of amides is 1. The van der Waals surface area contributed by atoms with Crippen LogP contribution in [0.25, 0.3) is 0 Å². The summed E-state index contributed by atoms with van der Waals surface area (Å²) in [6, 6.07) is 5.72. The topological polar surface area (TPSA) is 29.1 Å². The van der Waals surface area contributed by atoms with Gasteiger partial charge in [0.2, 0.25) is 0 Å². The van der Waals surface area contributed by atoms with Gasteiger partial charge in [0.05, 0.1) is 8.66 Å². The number of benzene rings is 1. The minimum absolute atomic E-state index is 0.277. The third kappa shape index (κ3) is 2.59. The summed E-state index contributed by atoms with van der Waals surface area (Å²) in [5.74, 6) is -2.07. The number of hydrogen-bond donors (Lipinski definition) is 1. The molecule has 1 heterocycles. The van der Waals surface area contributed by atoms with Gasteiger partial charge in [-0.1, -0.05) is 6.07 Å². The molecule has 2 rings (SSSR count). The summed E-state index contributed by atoms with van der Waals surface area (Å²) in [6.07, 6.45) is 0. The van der Waals surface area contributed by atoms with Crippen LogP contribution in [0.5, 0.6) is 0 Å². The van der Waals surface area contributed by atoms with E-state index in [4.69, 9.17) is 0 Å². The average Bonchev–Trinajstić information content (AvgIpc) is 2.76. The van der Waals surface area contributed by atoms with E-state index in [1.807, 2.05) is 0 Å². The number of aryl methyl sites for hydroxylation is 1. The molecule has 1 amide bonds. The number of carbonyl (C=O) groups excluding carboxylic acids is 1. The van der Waals surface area contributed by atoms with Gasteiger partial charge < -0.3 is 5.32 Å². The second-order valence-electron chi connectivity index (χ2n) is 3.61. The van der Waals surface area contributed by atoms with Crippen LogP contribution in [0.2, 0.25) is 0 Å². The monoisotopic (exact) mass is 331 g/mol. The van der Waals surface area contributed by atoms with Crippen molar-refractivity contribution in [2.45, 2.75) is 6.92 Å². The third-order valence-electron chi connectivity index (χ3n) is 2.32. The molecule has 6 heteroatoms. The SMILES string of the molecule is Cc1ccc(F)c(NC(=O)c2ccc(Br)s2)c1F. The van der Waals surface area contributed by atoms with Gasteiger partial charge in [-0.2, -0.15) is 0 Å². The van der Waals surface area contributed by atoms with Gasteiger partial charge >= 0.3 is 0 Å². The largest absolute Gasteiger partial charge is 0.316 e. The predicted octanol–water partition coefficient (Wildman–Crippen LogP) is 4.35. The fraction of sp³-hybridized carbons (Fsp3) is 0.0833. The van der Waals surface area contributed by atoms with Crippen LogP contribution in [-0.4, -0.2) is 5.91 Å². The van der Waals surface area contributed by atoms with E-state index >= 15 is 0 Å². The lowest BCUT2D eigenvalue weighted by Gasteiger charge is -2.08. The Bertz CT molecular complexity index is 612. The Kier molecular flexibility index (Phi) is 3.77. The van der Waals surface area contributed by atoms with Gasteiger partial charge in [-0.3, -0.25) is 4.79 Å². The first kappa shape index (κ1) is 13.2. The minimum Gasteiger partial charge on any atom is -0.316 e. The summed E-state index contributed by atoms with van der Waals surface area (Å²) in [5, 5.41) is 2.25. The van der Waals surface area contributed by atoms with Gasteiger partial charge in [0, 0.05) is 0 Å². The molecule has 2 aromatic rings. The smallest absolute Gasteiger partial charge is 0.265 e. The van der Waals surface area contributed by atoms with Crippen molar-refractivity contribution in [3.05, 3.63) is 50.1 Å². The van der Waals surface area contributed by atoms with E-state index in [2.05, 4.69) is 21.2 Å². The number of carbonyl (C=O) groups is 1. The summed E-state index contributed by atoms with van der Waals surface area (Å²) in [4.78, 5) is 12.2. The highest BCUT2D eigenvalue weighted by molar-refractivity contribution is 9.11. The fourth-order valence-corrected chi connectivity index (χ4v) is 2.66. The van der Waals surface area contributed by atoms with Crippen LogP contribution in [0.4, 0.5) is 14.5 Å². The third-order valence-corrected chi connectivity index (χ3v) is 3.94. The Morgan fingerprint density at radius 3 is 2.61 bits per heavy atom. The van der Waals surface area contributed by atoms with Crippen LogP contribution < -0.4 is 5.32 Å². The molecule has 1 aromatic heterocycles.